The number of Topliss-reactive ketones (excluding diaryl/α,β-unsaturated/α-hetero) is 1. The van der Waals surface area contributed by atoms with E-state index in [4.69, 9.17) is 0 Å². The summed E-state index contributed by atoms with van der Waals surface area (Å²) in [5, 5.41) is 0.805. The summed E-state index contributed by atoms with van der Waals surface area (Å²) in [6, 6.07) is 9.18. The van der Waals surface area contributed by atoms with Crippen molar-refractivity contribution in [1.82, 2.24) is 9.27 Å². The van der Waals surface area contributed by atoms with Crippen molar-refractivity contribution in [2.24, 2.45) is 0 Å². The molecule has 2 aromatic rings. The van der Waals surface area contributed by atoms with Crippen LogP contribution in [0.1, 0.15) is 88.2 Å². The maximum absolute atomic E-state index is 12.6. The van der Waals surface area contributed by atoms with Crippen LogP contribution in [0.15, 0.2) is 46.9 Å². The first kappa shape index (κ1) is 31.5. The van der Waals surface area contributed by atoms with Crippen LogP contribution >= 0.6 is 11.5 Å². The molecular weight excluding hydrogens is 473 g/mol. The number of nitrogens with zero attached hydrogens (tertiary/aromatic N) is 2. The Morgan fingerprint density at radius 2 is 1.72 bits per heavy atom. The van der Waals surface area contributed by atoms with Crippen molar-refractivity contribution >= 4 is 27.9 Å². The second-order valence-corrected chi connectivity index (χ2v) is 9.18. The van der Waals surface area contributed by atoms with E-state index in [1.54, 1.807) is 0 Å². The first-order valence-corrected chi connectivity index (χ1v) is 13.8. The first-order chi connectivity index (χ1) is 17.5. The van der Waals surface area contributed by atoms with E-state index in [0.29, 0.717) is 25.2 Å². The van der Waals surface area contributed by atoms with Gasteiger partial charge in [-0.3, -0.25) is 18.4 Å². The molecule has 0 amide bonds. The van der Waals surface area contributed by atoms with Crippen LogP contribution in [0, 0.1) is 0 Å². The normalized spacial score (nSPS) is 15.8. The lowest BCUT2D eigenvalue weighted by Crippen LogP contribution is -2.33. The van der Waals surface area contributed by atoms with Gasteiger partial charge in [-0.05, 0) is 68.0 Å². The third-order valence-corrected chi connectivity index (χ3v) is 6.46. The predicted molar refractivity (Wildman–Crippen MR) is 154 cm³/mol. The summed E-state index contributed by atoms with van der Waals surface area (Å²) >= 11 is 1.29. The van der Waals surface area contributed by atoms with Crippen molar-refractivity contribution in [1.29, 1.82) is 0 Å². The van der Waals surface area contributed by atoms with Crippen LogP contribution in [0.25, 0.3) is 5.57 Å². The summed E-state index contributed by atoms with van der Waals surface area (Å²) in [6.45, 7) is 11.1. The Kier molecular flexibility index (Phi) is 14.3. The number of benzene rings is 1. The second-order valence-electron chi connectivity index (χ2n) is 8.39. The van der Waals surface area contributed by atoms with E-state index in [9.17, 15) is 14.0 Å². The molecule has 4 rings (SSSR count). The number of hydrogen-bond donors (Lipinski definition) is 1. The van der Waals surface area contributed by atoms with Gasteiger partial charge in [0.2, 0.25) is 0 Å². The zero-order chi connectivity index (χ0) is 27.3. The van der Waals surface area contributed by atoms with Crippen LogP contribution in [-0.4, -0.2) is 42.4 Å². The van der Waals surface area contributed by atoms with E-state index in [0.717, 1.165) is 42.9 Å². The van der Waals surface area contributed by atoms with Gasteiger partial charge in [0.05, 0.1) is 13.6 Å². The lowest BCUT2D eigenvalue weighted by atomic mass is 9.97. The van der Waals surface area contributed by atoms with Gasteiger partial charge < -0.3 is 9.80 Å². The van der Waals surface area contributed by atoms with Crippen molar-refractivity contribution in [3.8, 4) is 0 Å². The predicted octanol–water partition coefficient (Wildman–Crippen LogP) is 7.46. The van der Waals surface area contributed by atoms with Gasteiger partial charge in [0, 0.05) is 18.3 Å². The average Bonchev–Trinajstić information content (AvgIpc) is 3.66. The fourth-order valence-corrected chi connectivity index (χ4v) is 5.03. The molecule has 2 aliphatic rings. The van der Waals surface area contributed by atoms with E-state index < -0.39 is 0 Å². The third-order valence-electron chi connectivity index (χ3n) is 5.57. The van der Waals surface area contributed by atoms with Gasteiger partial charge >= 0.3 is 0 Å². The third kappa shape index (κ3) is 8.27. The minimum Gasteiger partial charge on any atom is -0.332 e. The maximum atomic E-state index is 12.6. The van der Waals surface area contributed by atoms with Gasteiger partial charge in [-0.15, -0.1) is 0 Å². The molecule has 1 saturated carbocycles. The number of carbonyl (C=O) groups excluding carboxylic acids is 1. The van der Waals surface area contributed by atoms with Crippen molar-refractivity contribution in [3.05, 3.63) is 69.2 Å². The number of allylic oxidation sites excluding steroid dienone is 4. The molecule has 2 heterocycles. The highest BCUT2D eigenvalue weighted by Crippen LogP contribution is 2.42. The molecule has 0 saturated heterocycles. The van der Waals surface area contributed by atoms with Gasteiger partial charge in [-0.2, -0.15) is 0 Å². The van der Waals surface area contributed by atoms with Crippen molar-refractivity contribution in [2.45, 2.75) is 79.3 Å². The number of anilines is 1. The smallest absolute Gasteiger partial charge is 0.271 e. The summed E-state index contributed by atoms with van der Waals surface area (Å²) in [5.74, 6) is -0.0651. The highest BCUT2D eigenvalue weighted by Gasteiger charge is 2.39. The minimum absolute atomic E-state index is 0.0651. The Bertz CT molecular complexity index is 1050. The van der Waals surface area contributed by atoms with Gasteiger partial charge in [-0.1, -0.05) is 71.0 Å². The summed E-state index contributed by atoms with van der Waals surface area (Å²) in [6.07, 6.45) is 8.74. The molecule has 1 aliphatic carbocycles. The van der Waals surface area contributed by atoms with E-state index >= 15 is 0 Å². The van der Waals surface area contributed by atoms with E-state index in [2.05, 4.69) is 71.6 Å². The number of aromatic nitrogens is 1. The molecule has 1 fully saturated rings. The molecule has 200 valence electrons. The summed E-state index contributed by atoms with van der Waals surface area (Å²) in [5.41, 5.74) is 4.95. The molecule has 1 aromatic carbocycles. The number of rotatable bonds is 7. The van der Waals surface area contributed by atoms with Gasteiger partial charge in [0.25, 0.3) is 5.56 Å². The molecule has 1 aromatic heterocycles. The lowest BCUT2D eigenvalue weighted by Gasteiger charge is -2.30. The second kappa shape index (κ2) is 16.3. The molecule has 36 heavy (non-hydrogen) atoms. The number of fused-ring (bicyclic) bond motifs is 1. The summed E-state index contributed by atoms with van der Waals surface area (Å²) < 4.78 is 12.3. The van der Waals surface area contributed by atoms with Crippen molar-refractivity contribution < 1.29 is 9.18 Å². The zero-order valence-electron chi connectivity index (χ0n) is 23.3. The number of carbonyl (C=O) groups is 1. The minimum atomic E-state index is -0.242. The average molecular weight is 518 g/mol. The number of ketones is 1. The number of halogens is 1. The van der Waals surface area contributed by atoms with Crippen LogP contribution < -0.4 is 10.5 Å². The van der Waals surface area contributed by atoms with Gasteiger partial charge in [-0.25, -0.2) is 0 Å². The first-order valence-electron chi connectivity index (χ1n) is 13.0. The van der Waals surface area contributed by atoms with Gasteiger partial charge in [0.1, 0.15) is 10.6 Å². The number of aromatic amines is 1. The van der Waals surface area contributed by atoms with Gasteiger partial charge in [0.15, 0.2) is 5.78 Å². The molecule has 5 nitrogen and oxygen atoms in total. The molecule has 0 spiro atoms. The number of hydrogen-bond acceptors (Lipinski definition) is 5. The fraction of sp³-hybridized carbons (Fsp3) is 0.517. The van der Waals surface area contributed by atoms with Crippen molar-refractivity contribution in [3.63, 3.8) is 0 Å². The SMILES string of the molecule is CC.CC.CC/C=C(\C/C=C1\CC(=O)c2c(s[nH]c2=O)N1C1CC1)c1ccc(CN(C)C)cc1.CF. The molecule has 0 unspecified atom stereocenters. The van der Waals surface area contributed by atoms with E-state index in [1.165, 1.54) is 28.2 Å². The van der Waals surface area contributed by atoms with Crippen LogP contribution in [0.4, 0.5) is 9.39 Å². The van der Waals surface area contributed by atoms with Crippen molar-refractivity contribution in [2.75, 3.05) is 26.2 Å². The highest BCUT2D eigenvalue weighted by molar-refractivity contribution is 7.10. The molecule has 0 atom stereocenters. The fourth-order valence-electron chi connectivity index (χ4n) is 4.06. The standard InChI is InChI=1S/C24H29N3O2S.2C2H6.CH3F/c1-4-5-17(18-8-6-16(7-9-18)15-26(2)3)10-11-20-14-21(28)22-23(29)25-30-24(22)27(20)19-12-13-19;3*1-2/h5-9,11,19H,4,10,12-15H2,1-3H3,(H,25,29);2*1-2H3;1H3/b17-5+,20-11+;;;. The topological polar surface area (TPSA) is 56.4 Å². The van der Waals surface area contributed by atoms with Crippen LogP contribution in [-0.2, 0) is 6.54 Å². The van der Waals surface area contributed by atoms with Crippen LogP contribution in [0.2, 0.25) is 0 Å². The van der Waals surface area contributed by atoms with Crippen LogP contribution in [0.3, 0.4) is 0 Å². The monoisotopic (exact) mass is 517 g/mol. The Morgan fingerprint density at radius 1 is 1.11 bits per heavy atom. The Morgan fingerprint density at radius 3 is 2.25 bits per heavy atom. The van der Waals surface area contributed by atoms with Crippen LogP contribution in [0.5, 0.6) is 0 Å². The highest BCUT2D eigenvalue weighted by atomic mass is 32.1. The molecule has 0 bridgehead atoms. The summed E-state index contributed by atoms with van der Waals surface area (Å²) in [7, 11) is 4.65. The molecule has 7 heteroatoms. The number of alkyl halides is 1. The Labute approximate surface area is 220 Å². The largest absolute Gasteiger partial charge is 0.332 e. The summed E-state index contributed by atoms with van der Waals surface area (Å²) in [4.78, 5) is 29.1. The Hall–Kier alpha value is -2.51. The molecule has 1 N–H and O–H groups in total. The molecule has 1 aliphatic heterocycles. The molecule has 0 radical (unpaired) electrons. The number of nitrogens with one attached hydrogen (secondary N) is 1. The molecular formula is C29H44FN3O2S. The number of H-pyrrole nitrogens is 1. The maximum Gasteiger partial charge on any atom is 0.271 e. The lowest BCUT2D eigenvalue weighted by molar-refractivity contribution is 0.0988. The Balaban J connectivity index is 0.00000101. The quantitative estimate of drug-likeness (QED) is 0.414. The zero-order valence-corrected chi connectivity index (χ0v) is 24.1. The van der Waals surface area contributed by atoms with E-state index in [1.807, 2.05) is 27.7 Å². The van der Waals surface area contributed by atoms with E-state index in [-0.39, 0.29) is 11.3 Å².